The number of fused-ring (bicyclic) bond motifs is 1. The summed E-state index contributed by atoms with van der Waals surface area (Å²) in [5.74, 6) is 0.116. The summed E-state index contributed by atoms with van der Waals surface area (Å²) in [6.45, 7) is 1.91. The van der Waals surface area contributed by atoms with Gasteiger partial charge in [0.1, 0.15) is 17.3 Å². The van der Waals surface area contributed by atoms with Crippen molar-refractivity contribution in [3.8, 4) is 11.3 Å². The van der Waals surface area contributed by atoms with Crippen LogP contribution in [0.2, 0.25) is 0 Å². The molecule has 138 valence electrons. The Morgan fingerprint density at radius 2 is 2.07 bits per heavy atom. The van der Waals surface area contributed by atoms with Crippen LogP contribution < -0.4 is 10.6 Å². The molecule has 0 radical (unpaired) electrons. The molecule has 1 aromatic carbocycles. The van der Waals surface area contributed by atoms with Crippen molar-refractivity contribution in [2.24, 2.45) is 7.05 Å². The van der Waals surface area contributed by atoms with Crippen molar-refractivity contribution in [3.63, 3.8) is 0 Å². The first-order valence-electron chi connectivity index (χ1n) is 8.42. The molecule has 2 amide bonds. The fourth-order valence-corrected chi connectivity index (χ4v) is 3.19. The summed E-state index contributed by atoms with van der Waals surface area (Å²) in [4.78, 5) is 24.3. The fourth-order valence-electron chi connectivity index (χ4n) is 3.19. The standard InChI is InChI=1S/C18H17FN6O2/c1-9-7-14(26)20-17-15(9)16(24-25(17)2)21-18(27)13-8-12(22-23-13)10-3-5-11(19)6-4-10/h3-6,8-9H,7H2,1-2H3,(H,20,26)(H,22,23)(H,21,24,27)/t9-/m1/s1. The number of hydrogen-bond donors (Lipinski definition) is 3. The third-order valence-electron chi connectivity index (χ3n) is 4.52. The van der Waals surface area contributed by atoms with E-state index in [0.29, 0.717) is 29.3 Å². The summed E-state index contributed by atoms with van der Waals surface area (Å²) in [5, 5.41) is 16.7. The molecule has 27 heavy (non-hydrogen) atoms. The molecular weight excluding hydrogens is 351 g/mol. The molecule has 3 heterocycles. The van der Waals surface area contributed by atoms with Gasteiger partial charge in [-0.3, -0.25) is 19.4 Å². The van der Waals surface area contributed by atoms with Crippen LogP contribution >= 0.6 is 0 Å². The van der Waals surface area contributed by atoms with E-state index < -0.39 is 5.91 Å². The molecule has 2 aromatic heterocycles. The number of carbonyl (C=O) groups excluding carboxylic acids is 2. The lowest BCUT2D eigenvalue weighted by molar-refractivity contribution is -0.116. The van der Waals surface area contributed by atoms with Gasteiger partial charge in [-0.2, -0.15) is 10.2 Å². The zero-order valence-electron chi connectivity index (χ0n) is 14.7. The van der Waals surface area contributed by atoms with Crippen LogP contribution in [0.3, 0.4) is 0 Å². The number of nitrogens with one attached hydrogen (secondary N) is 3. The number of rotatable bonds is 3. The van der Waals surface area contributed by atoms with Gasteiger partial charge in [-0.05, 0) is 36.2 Å². The van der Waals surface area contributed by atoms with Gasteiger partial charge < -0.3 is 10.6 Å². The molecule has 9 heteroatoms. The number of benzene rings is 1. The number of H-pyrrole nitrogens is 1. The molecule has 8 nitrogen and oxygen atoms in total. The monoisotopic (exact) mass is 368 g/mol. The predicted octanol–water partition coefficient (Wildman–Crippen LogP) is 2.65. The minimum absolute atomic E-state index is 0.0608. The minimum Gasteiger partial charge on any atom is -0.311 e. The first-order chi connectivity index (χ1) is 12.9. The molecule has 0 saturated carbocycles. The van der Waals surface area contributed by atoms with Gasteiger partial charge in [0.05, 0.1) is 5.69 Å². The van der Waals surface area contributed by atoms with E-state index in [1.165, 1.54) is 16.8 Å². The Labute approximate surface area is 153 Å². The lowest BCUT2D eigenvalue weighted by Gasteiger charge is -2.20. The number of hydrogen-bond acceptors (Lipinski definition) is 4. The maximum atomic E-state index is 13.0. The number of carbonyl (C=O) groups is 2. The van der Waals surface area contributed by atoms with Crippen molar-refractivity contribution in [2.75, 3.05) is 10.6 Å². The molecule has 4 rings (SSSR count). The summed E-state index contributed by atoms with van der Waals surface area (Å²) < 4.78 is 14.6. The number of amides is 2. The zero-order chi connectivity index (χ0) is 19.1. The van der Waals surface area contributed by atoms with Gasteiger partial charge in [-0.15, -0.1) is 0 Å². The number of anilines is 2. The van der Waals surface area contributed by atoms with E-state index in [2.05, 4.69) is 25.9 Å². The van der Waals surface area contributed by atoms with Crippen LogP contribution in [-0.2, 0) is 11.8 Å². The normalized spacial score (nSPS) is 16.0. The highest BCUT2D eigenvalue weighted by Gasteiger charge is 2.30. The first-order valence-corrected chi connectivity index (χ1v) is 8.42. The highest BCUT2D eigenvalue weighted by molar-refractivity contribution is 6.04. The maximum absolute atomic E-state index is 13.0. The number of aromatic nitrogens is 4. The summed E-state index contributed by atoms with van der Waals surface area (Å²) in [5.41, 5.74) is 2.27. The Kier molecular flexibility index (Phi) is 3.98. The fraction of sp³-hybridized carbons (Fsp3) is 0.222. The molecule has 0 spiro atoms. The average molecular weight is 368 g/mol. The number of aryl methyl sites for hydroxylation is 1. The Hall–Kier alpha value is -3.49. The summed E-state index contributed by atoms with van der Waals surface area (Å²) in [6, 6.07) is 7.43. The lowest BCUT2D eigenvalue weighted by atomic mass is 9.95. The Bertz CT molecular complexity index is 1040. The molecule has 3 N–H and O–H groups in total. The second-order valence-corrected chi connectivity index (χ2v) is 6.52. The van der Waals surface area contributed by atoms with Crippen molar-refractivity contribution in [1.82, 2.24) is 20.0 Å². The second-order valence-electron chi connectivity index (χ2n) is 6.52. The molecule has 0 bridgehead atoms. The van der Waals surface area contributed by atoms with Crippen LogP contribution in [0, 0.1) is 5.82 Å². The van der Waals surface area contributed by atoms with E-state index in [4.69, 9.17) is 0 Å². The molecule has 0 saturated heterocycles. The maximum Gasteiger partial charge on any atom is 0.274 e. The van der Waals surface area contributed by atoms with Crippen molar-refractivity contribution < 1.29 is 14.0 Å². The average Bonchev–Trinajstić information content (AvgIpc) is 3.21. The summed E-state index contributed by atoms with van der Waals surface area (Å²) in [7, 11) is 1.70. The van der Waals surface area contributed by atoms with Crippen LogP contribution in [0.5, 0.6) is 0 Å². The van der Waals surface area contributed by atoms with E-state index in [0.717, 1.165) is 5.56 Å². The van der Waals surface area contributed by atoms with Gasteiger partial charge in [-0.25, -0.2) is 4.39 Å². The van der Waals surface area contributed by atoms with Crippen LogP contribution in [-0.4, -0.2) is 31.8 Å². The molecule has 0 unspecified atom stereocenters. The van der Waals surface area contributed by atoms with E-state index >= 15 is 0 Å². The van der Waals surface area contributed by atoms with Gasteiger partial charge in [0.25, 0.3) is 5.91 Å². The number of aromatic amines is 1. The number of halogens is 1. The van der Waals surface area contributed by atoms with Gasteiger partial charge >= 0.3 is 0 Å². The lowest BCUT2D eigenvalue weighted by Crippen LogP contribution is -2.23. The highest BCUT2D eigenvalue weighted by Crippen LogP contribution is 2.37. The van der Waals surface area contributed by atoms with Crippen LogP contribution in [0.15, 0.2) is 30.3 Å². The molecule has 1 aliphatic rings. The van der Waals surface area contributed by atoms with E-state index in [1.54, 1.807) is 25.2 Å². The molecule has 3 aromatic rings. The Morgan fingerprint density at radius 3 is 2.81 bits per heavy atom. The van der Waals surface area contributed by atoms with Crippen molar-refractivity contribution in [3.05, 3.63) is 47.4 Å². The van der Waals surface area contributed by atoms with E-state index in [9.17, 15) is 14.0 Å². The summed E-state index contributed by atoms with van der Waals surface area (Å²) in [6.07, 6.45) is 0.334. The van der Waals surface area contributed by atoms with Gasteiger partial charge in [0, 0.05) is 24.6 Å². The first kappa shape index (κ1) is 17.0. The molecule has 1 aliphatic heterocycles. The highest BCUT2D eigenvalue weighted by atomic mass is 19.1. The topological polar surface area (TPSA) is 105 Å². The smallest absolute Gasteiger partial charge is 0.274 e. The van der Waals surface area contributed by atoms with Crippen LogP contribution in [0.1, 0.15) is 35.3 Å². The third kappa shape index (κ3) is 3.07. The van der Waals surface area contributed by atoms with Crippen LogP contribution in [0.25, 0.3) is 11.3 Å². The molecule has 1 atom stereocenters. The van der Waals surface area contributed by atoms with E-state index in [-0.39, 0.29) is 23.3 Å². The van der Waals surface area contributed by atoms with Crippen molar-refractivity contribution in [2.45, 2.75) is 19.3 Å². The minimum atomic E-state index is -0.402. The van der Waals surface area contributed by atoms with Gasteiger partial charge in [-0.1, -0.05) is 6.92 Å². The van der Waals surface area contributed by atoms with Gasteiger partial charge in [0.2, 0.25) is 5.91 Å². The van der Waals surface area contributed by atoms with E-state index in [1.807, 2.05) is 6.92 Å². The molecular formula is C18H17FN6O2. The SMILES string of the molecule is C[C@@H]1CC(=O)Nc2c1c(NC(=O)c1cc(-c3ccc(F)cc3)n[nH]1)nn2C. The number of nitrogens with zero attached hydrogens (tertiary/aromatic N) is 3. The second kappa shape index (κ2) is 6.35. The Balaban J connectivity index is 1.58. The zero-order valence-corrected chi connectivity index (χ0v) is 14.7. The molecule has 0 aliphatic carbocycles. The molecule has 0 fully saturated rings. The van der Waals surface area contributed by atoms with Gasteiger partial charge in [0.15, 0.2) is 5.82 Å². The van der Waals surface area contributed by atoms with Crippen molar-refractivity contribution >= 4 is 23.5 Å². The quantitative estimate of drug-likeness (QED) is 0.661. The predicted molar refractivity (Wildman–Crippen MR) is 96.8 cm³/mol. The van der Waals surface area contributed by atoms with Crippen molar-refractivity contribution in [1.29, 1.82) is 0 Å². The Morgan fingerprint density at radius 1 is 1.33 bits per heavy atom. The largest absolute Gasteiger partial charge is 0.311 e. The summed E-state index contributed by atoms with van der Waals surface area (Å²) >= 11 is 0. The third-order valence-corrected chi connectivity index (χ3v) is 4.52. The van der Waals surface area contributed by atoms with Crippen LogP contribution in [0.4, 0.5) is 16.0 Å².